The molecule has 9 nitrogen and oxygen atoms in total. The van der Waals surface area contributed by atoms with Crippen molar-refractivity contribution in [3.63, 3.8) is 0 Å². The third kappa shape index (κ3) is 6.31. The number of carbonyl (C=O) groups excluding carboxylic acids is 3. The third-order valence-electron chi connectivity index (χ3n) is 5.61. The topological polar surface area (TPSA) is 103 Å². The molecule has 5 amide bonds. The zero-order chi connectivity index (χ0) is 25.3. The van der Waals surface area contributed by atoms with Gasteiger partial charge in [0.05, 0.1) is 5.56 Å². The summed E-state index contributed by atoms with van der Waals surface area (Å²) in [5, 5.41) is 8.29. The van der Waals surface area contributed by atoms with Crippen LogP contribution in [-0.2, 0) is 10.9 Å². The first-order chi connectivity index (χ1) is 15.7. The Labute approximate surface area is 196 Å². The molecule has 3 N–H and O–H groups in total. The Hall–Kier alpha value is -3.02. The van der Waals surface area contributed by atoms with E-state index in [1.54, 1.807) is 32.6 Å². The number of amides is 5. The molecular weight excluding hydrogens is 455 g/mol. The minimum atomic E-state index is -4.42. The van der Waals surface area contributed by atoms with Gasteiger partial charge in [0.25, 0.3) is 0 Å². The van der Waals surface area contributed by atoms with Crippen LogP contribution in [-0.4, -0.2) is 59.0 Å². The minimum absolute atomic E-state index is 0.350. The quantitative estimate of drug-likeness (QED) is 0.603. The average molecular weight is 486 g/mol. The van der Waals surface area contributed by atoms with E-state index < -0.39 is 47.8 Å². The zero-order valence-electron chi connectivity index (χ0n) is 19.5. The second kappa shape index (κ2) is 9.69. The molecule has 3 rings (SSSR count). The van der Waals surface area contributed by atoms with Crippen LogP contribution in [0.25, 0.3) is 0 Å². The first kappa shape index (κ1) is 25.6. The van der Waals surface area contributed by atoms with Gasteiger partial charge in [0.1, 0.15) is 5.60 Å². The predicted molar refractivity (Wildman–Crippen MR) is 117 cm³/mol. The Morgan fingerprint density at radius 3 is 2.06 bits per heavy atom. The van der Waals surface area contributed by atoms with Crippen molar-refractivity contribution in [2.24, 2.45) is 0 Å². The van der Waals surface area contributed by atoms with Gasteiger partial charge in [-0.25, -0.2) is 19.3 Å². The van der Waals surface area contributed by atoms with Crippen LogP contribution in [0.5, 0.6) is 0 Å². The third-order valence-corrected chi connectivity index (χ3v) is 5.61. The minimum Gasteiger partial charge on any atom is -0.444 e. The first-order valence-corrected chi connectivity index (χ1v) is 11.1. The molecule has 2 saturated heterocycles. The van der Waals surface area contributed by atoms with Crippen LogP contribution in [0, 0.1) is 0 Å². The van der Waals surface area contributed by atoms with Gasteiger partial charge in [0, 0.05) is 25.2 Å². The van der Waals surface area contributed by atoms with Crippen LogP contribution in [0.4, 0.5) is 27.6 Å². The van der Waals surface area contributed by atoms with E-state index >= 15 is 0 Å². The average Bonchev–Trinajstić information content (AvgIpc) is 2.72. The molecule has 2 heterocycles. The van der Waals surface area contributed by atoms with Crippen LogP contribution < -0.4 is 16.0 Å². The molecule has 1 aromatic rings. The highest BCUT2D eigenvalue weighted by Crippen LogP contribution is 2.30. The number of urea groups is 2. The highest BCUT2D eigenvalue weighted by Gasteiger charge is 2.39. The molecule has 1 atom stereocenters. The van der Waals surface area contributed by atoms with Gasteiger partial charge >= 0.3 is 24.3 Å². The molecule has 0 aromatic heterocycles. The van der Waals surface area contributed by atoms with Crippen molar-refractivity contribution < 1.29 is 32.3 Å². The molecule has 0 radical (unpaired) electrons. The maximum Gasteiger partial charge on any atom is 0.416 e. The van der Waals surface area contributed by atoms with Gasteiger partial charge < -0.3 is 20.3 Å². The van der Waals surface area contributed by atoms with Gasteiger partial charge in [-0.2, -0.15) is 13.2 Å². The number of carbonyl (C=O) groups is 3. The van der Waals surface area contributed by atoms with Gasteiger partial charge in [-0.3, -0.25) is 5.32 Å². The van der Waals surface area contributed by atoms with Crippen LogP contribution >= 0.6 is 0 Å². The second-order valence-corrected chi connectivity index (χ2v) is 9.41. The molecule has 0 bridgehead atoms. The van der Waals surface area contributed by atoms with Crippen molar-refractivity contribution in [1.82, 2.24) is 25.8 Å². The number of hydrogen-bond acceptors (Lipinski definition) is 5. The van der Waals surface area contributed by atoms with Gasteiger partial charge in [-0.1, -0.05) is 12.1 Å². The van der Waals surface area contributed by atoms with Crippen molar-refractivity contribution in [3.05, 3.63) is 35.4 Å². The molecule has 2 aliphatic rings. The smallest absolute Gasteiger partial charge is 0.416 e. The lowest BCUT2D eigenvalue weighted by Crippen LogP contribution is -2.70. The van der Waals surface area contributed by atoms with E-state index in [0.717, 1.165) is 17.0 Å². The molecule has 34 heavy (non-hydrogen) atoms. The Bertz CT molecular complexity index is 891. The van der Waals surface area contributed by atoms with Crippen molar-refractivity contribution in [3.8, 4) is 0 Å². The standard InChI is InChI=1S/C22H30F3N5O4/c1-13(14-5-7-15(8-6-14)22(23,24)25)26-17-27-18(31)30(19(32)28-17)16-9-11-29(12-10-16)20(33)34-21(2,3)4/h5-8,13,16-17,26H,9-12H2,1-4H3,(H,27,31)(H,28,32). The van der Waals surface area contributed by atoms with Crippen LogP contribution in [0.2, 0.25) is 0 Å². The molecule has 2 fully saturated rings. The van der Waals surface area contributed by atoms with E-state index in [0.29, 0.717) is 31.5 Å². The number of nitrogens with zero attached hydrogens (tertiary/aromatic N) is 2. The van der Waals surface area contributed by atoms with E-state index in [1.165, 1.54) is 12.1 Å². The summed E-state index contributed by atoms with van der Waals surface area (Å²) < 4.78 is 43.6. The Kier molecular flexibility index (Phi) is 7.29. The number of nitrogens with one attached hydrogen (secondary N) is 3. The van der Waals surface area contributed by atoms with Gasteiger partial charge in [-0.05, 0) is 58.2 Å². The lowest BCUT2D eigenvalue weighted by Gasteiger charge is -2.41. The molecular formula is C22H30F3N5O4. The lowest BCUT2D eigenvalue weighted by molar-refractivity contribution is -0.137. The van der Waals surface area contributed by atoms with Crippen molar-refractivity contribution in [2.45, 2.75) is 70.7 Å². The number of likely N-dealkylation sites (tertiary alicyclic amines) is 1. The van der Waals surface area contributed by atoms with E-state index in [4.69, 9.17) is 4.74 Å². The summed E-state index contributed by atoms with van der Waals surface area (Å²) >= 11 is 0. The summed E-state index contributed by atoms with van der Waals surface area (Å²) in [5.41, 5.74) is -0.801. The molecule has 1 unspecified atom stereocenters. The number of hydrogen-bond donors (Lipinski definition) is 3. The molecule has 2 aliphatic heterocycles. The highest BCUT2D eigenvalue weighted by molar-refractivity contribution is 5.96. The van der Waals surface area contributed by atoms with E-state index in [1.807, 2.05) is 0 Å². The number of imide groups is 1. The molecule has 1 aromatic carbocycles. The summed E-state index contributed by atoms with van der Waals surface area (Å²) in [6.07, 6.45) is -4.91. The summed E-state index contributed by atoms with van der Waals surface area (Å²) in [6, 6.07) is 2.65. The second-order valence-electron chi connectivity index (χ2n) is 9.41. The maximum absolute atomic E-state index is 12.8. The van der Waals surface area contributed by atoms with Crippen LogP contribution in [0.1, 0.15) is 57.7 Å². The number of rotatable bonds is 4. The van der Waals surface area contributed by atoms with E-state index in [9.17, 15) is 27.6 Å². The monoisotopic (exact) mass is 485 g/mol. The normalized spacial score (nSPS) is 19.5. The van der Waals surface area contributed by atoms with Crippen molar-refractivity contribution in [2.75, 3.05) is 13.1 Å². The van der Waals surface area contributed by atoms with Crippen molar-refractivity contribution >= 4 is 18.2 Å². The lowest BCUT2D eigenvalue weighted by atomic mass is 10.0. The van der Waals surface area contributed by atoms with E-state index in [-0.39, 0.29) is 6.04 Å². The van der Waals surface area contributed by atoms with Crippen molar-refractivity contribution in [1.29, 1.82) is 0 Å². The van der Waals surface area contributed by atoms with Crippen LogP contribution in [0.3, 0.4) is 0 Å². The van der Waals surface area contributed by atoms with Gasteiger partial charge in [-0.15, -0.1) is 0 Å². The zero-order valence-corrected chi connectivity index (χ0v) is 19.5. The maximum atomic E-state index is 12.8. The molecule has 188 valence electrons. The van der Waals surface area contributed by atoms with Gasteiger partial charge in [0.2, 0.25) is 0 Å². The number of piperidine rings is 1. The summed E-state index contributed by atoms with van der Waals surface area (Å²) in [5.74, 6) is 0. The summed E-state index contributed by atoms with van der Waals surface area (Å²) in [4.78, 5) is 40.2. The Morgan fingerprint density at radius 1 is 1.06 bits per heavy atom. The molecule has 0 spiro atoms. The van der Waals surface area contributed by atoms with Gasteiger partial charge in [0.15, 0.2) is 6.29 Å². The number of halogens is 3. The fraction of sp³-hybridized carbons (Fsp3) is 0.591. The SMILES string of the molecule is CC(NC1NC(=O)N(C2CCN(C(=O)OC(C)(C)C)CC2)C(=O)N1)c1ccc(C(F)(F)F)cc1. The summed E-state index contributed by atoms with van der Waals surface area (Å²) in [7, 11) is 0. The first-order valence-electron chi connectivity index (χ1n) is 11.1. The highest BCUT2D eigenvalue weighted by atomic mass is 19.4. The number of benzene rings is 1. The largest absolute Gasteiger partial charge is 0.444 e. The molecule has 12 heteroatoms. The fourth-order valence-electron chi connectivity index (χ4n) is 3.87. The predicted octanol–water partition coefficient (Wildman–Crippen LogP) is 3.77. The fourth-order valence-corrected chi connectivity index (χ4v) is 3.87. The number of alkyl halides is 3. The Morgan fingerprint density at radius 2 is 1.59 bits per heavy atom. The Balaban J connectivity index is 1.53. The van der Waals surface area contributed by atoms with Crippen LogP contribution in [0.15, 0.2) is 24.3 Å². The van der Waals surface area contributed by atoms with E-state index in [2.05, 4.69) is 16.0 Å². The molecule has 0 saturated carbocycles. The number of ether oxygens (including phenoxy) is 1. The summed E-state index contributed by atoms with van der Waals surface area (Å²) in [6.45, 7) is 7.75. The molecule has 0 aliphatic carbocycles.